The van der Waals surface area contributed by atoms with Gasteiger partial charge in [0.15, 0.2) is 0 Å². The van der Waals surface area contributed by atoms with Gasteiger partial charge in [-0.15, -0.1) is 0 Å². The molecule has 0 bridgehead atoms. The Morgan fingerprint density at radius 3 is 2.60 bits per heavy atom. The summed E-state index contributed by atoms with van der Waals surface area (Å²) in [4.78, 5) is 23.9. The maximum atomic E-state index is 12.1. The molecule has 1 amide bonds. The van der Waals surface area contributed by atoms with E-state index in [0.29, 0.717) is 28.6 Å². The standard InChI is InChI=1S/C15H19N5.C14H22ClN3O2/c1-19(2)6-5-13-8-17-15-4-3-12(7-14(13)15)9-20-11-16-10-18-20;1-4-18(5-2)7-6-17-14(19)10-8-11(15)12(16)9-13(10)20-3/h3-4,7-8,10-11,17H,5-6,9H2,1-2H3;8-9H,4-7,16H2,1-3H3,(H,17,19). The molecule has 216 valence electrons. The summed E-state index contributed by atoms with van der Waals surface area (Å²) in [5.41, 5.74) is 10.3. The first-order valence-electron chi connectivity index (χ1n) is 13.4. The molecule has 0 fully saturated rings. The summed E-state index contributed by atoms with van der Waals surface area (Å²) in [5, 5.41) is 8.67. The molecular formula is C29H41ClN8O2. The highest BCUT2D eigenvalue weighted by molar-refractivity contribution is 6.33. The minimum absolute atomic E-state index is 0.212. The van der Waals surface area contributed by atoms with E-state index in [2.05, 4.69) is 82.5 Å². The average molecular weight is 569 g/mol. The number of fused-ring (bicyclic) bond motifs is 1. The number of nitrogens with zero attached hydrogens (tertiary/aromatic N) is 5. The number of nitrogen functional groups attached to an aromatic ring is 1. The van der Waals surface area contributed by atoms with Crippen LogP contribution in [-0.4, -0.2) is 89.4 Å². The van der Waals surface area contributed by atoms with Crippen LogP contribution in [0.5, 0.6) is 5.75 Å². The van der Waals surface area contributed by atoms with Crippen LogP contribution < -0.4 is 15.8 Å². The smallest absolute Gasteiger partial charge is 0.255 e. The molecule has 0 atom stereocenters. The molecule has 2 aromatic carbocycles. The zero-order chi connectivity index (χ0) is 29.1. The molecule has 0 saturated heterocycles. The number of H-pyrrole nitrogens is 1. The lowest BCUT2D eigenvalue weighted by atomic mass is 10.1. The number of ether oxygens (including phenoxy) is 1. The highest BCUT2D eigenvalue weighted by atomic mass is 35.5. The number of amides is 1. The predicted molar refractivity (Wildman–Crippen MR) is 162 cm³/mol. The van der Waals surface area contributed by atoms with Crippen LogP contribution in [0.1, 0.15) is 35.3 Å². The van der Waals surface area contributed by atoms with Gasteiger partial charge in [0, 0.05) is 42.8 Å². The number of methoxy groups -OCH3 is 1. The molecule has 2 aromatic heterocycles. The summed E-state index contributed by atoms with van der Waals surface area (Å²) >= 11 is 5.95. The van der Waals surface area contributed by atoms with E-state index in [9.17, 15) is 4.79 Å². The topological polar surface area (TPSA) is 117 Å². The van der Waals surface area contributed by atoms with Crippen LogP contribution in [0.3, 0.4) is 0 Å². The third-order valence-corrected chi connectivity index (χ3v) is 6.97. The molecule has 0 aliphatic heterocycles. The number of nitrogens with two attached hydrogens (primary N) is 1. The number of hydrogen-bond donors (Lipinski definition) is 3. The molecule has 0 radical (unpaired) electrons. The quantitative estimate of drug-likeness (QED) is 0.222. The van der Waals surface area contributed by atoms with Crippen molar-refractivity contribution in [2.45, 2.75) is 26.8 Å². The molecule has 0 aliphatic rings. The van der Waals surface area contributed by atoms with Gasteiger partial charge in [0.1, 0.15) is 18.4 Å². The summed E-state index contributed by atoms with van der Waals surface area (Å²) in [7, 11) is 5.70. The maximum Gasteiger partial charge on any atom is 0.255 e. The van der Waals surface area contributed by atoms with Gasteiger partial charge in [0.05, 0.1) is 29.9 Å². The molecule has 40 heavy (non-hydrogen) atoms. The van der Waals surface area contributed by atoms with E-state index in [-0.39, 0.29) is 5.91 Å². The number of anilines is 1. The molecule has 0 unspecified atom stereocenters. The van der Waals surface area contributed by atoms with Crippen molar-refractivity contribution in [1.29, 1.82) is 0 Å². The van der Waals surface area contributed by atoms with Gasteiger partial charge in [0.2, 0.25) is 0 Å². The first-order chi connectivity index (χ1) is 19.2. The zero-order valence-corrected chi connectivity index (χ0v) is 24.8. The number of benzene rings is 2. The maximum absolute atomic E-state index is 12.1. The molecular weight excluding hydrogens is 528 g/mol. The van der Waals surface area contributed by atoms with Crippen molar-refractivity contribution in [3.05, 3.63) is 70.9 Å². The third kappa shape index (κ3) is 8.70. The monoisotopic (exact) mass is 568 g/mol. The predicted octanol–water partition coefficient (Wildman–Crippen LogP) is 3.91. The summed E-state index contributed by atoms with van der Waals surface area (Å²) in [6.45, 7) is 9.30. The fourth-order valence-corrected chi connectivity index (χ4v) is 4.42. The molecule has 4 aromatic rings. The van der Waals surface area contributed by atoms with Crippen molar-refractivity contribution in [1.82, 2.24) is 34.9 Å². The highest BCUT2D eigenvalue weighted by Gasteiger charge is 2.15. The number of rotatable bonds is 12. The number of nitrogens with one attached hydrogen (secondary N) is 2. The molecule has 4 N–H and O–H groups in total. The Morgan fingerprint density at radius 2 is 1.95 bits per heavy atom. The van der Waals surface area contributed by atoms with Crippen LogP contribution in [0.4, 0.5) is 5.69 Å². The number of hydrogen-bond acceptors (Lipinski definition) is 7. The largest absolute Gasteiger partial charge is 0.496 e. The number of aromatic amines is 1. The molecule has 11 heteroatoms. The molecule has 0 spiro atoms. The van der Waals surface area contributed by atoms with Gasteiger partial charge >= 0.3 is 0 Å². The second-order valence-corrected chi connectivity index (χ2v) is 10.1. The van der Waals surface area contributed by atoms with E-state index in [1.807, 2.05) is 4.68 Å². The van der Waals surface area contributed by atoms with Crippen molar-refractivity contribution < 1.29 is 9.53 Å². The van der Waals surface area contributed by atoms with Gasteiger partial charge in [0.25, 0.3) is 5.91 Å². The first-order valence-corrected chi connectivity index (χ1v) is 13.8. The van der Waals surface area contributed by atoms with E-state index >= 15 is 0 Å². The zero-order valence-electron chi connectivity index (χ0n) is 24.1. The van der Waals surface area contributed by atoms with Crippen molar-refractivity contribution in [3.63, 3.8) is 0 Å². The van der Waals surface area contributed by atoms with Crippen LogP contribution in [0.15, 0.2) is 49.2 Å². The minimum Gasteiger partial charge on any atom is -0.496 e. The van der Waals surface area contributed by atoms with E-state index in [1.165, 1.54) is 35.2 Å². The highest BCUT2D eigenvalue weighted by Crippen LogP contribution is 2.28. The van der Waals surface area contributed by atoms with Crippen molar-refractivity contribution in [2.75, 3.05) is 59.7 Å². The SMILES string of the molecule is CCN(CC)CCNC(=O)c1cc(Cl)c(N)cc1OC.CN(C)CCc1c[nH]c2ccc(Cn3cncn3)cc12. The van der Waals surface area contributed by atoms with Gasteiger partial charge in [-0.2, -0.15) is 5.10 Å². The Bertz CT molecular complexity index is 1350. The fourth-order valence-electron chi connectivity index (χ4n) is 4.25. The summed E-state index contributed by atoms with van der Waals surface area (Å²) in [6, 6.07) is 9.61. The van der Waals surface area contributed by atoms with Crippen LogP contribution in [-0.2, 0) is 13.0 Å². The Hall–Kier alpha value is -3.60. The summed E-state index contributed by atoms with van der Waals surface area (Å²) in [5.74, 6) is 0.211. The third-order valence-electron chi connectivity index (χ3n) is 6.64. The average Bonchev–Trinajstić information content (AvgIpc) is 3.61. The van der Waals surface area contributed by atoms with Crippen molar-refractivity contribution >= 4 is 34.1 Å². The Morgan fingerprint density at radius 1 is 1.18 bits per heavy atom. The van der Waals surface area contributed by atoms with Crippen LogP contribution in [0.2, 0.25) is 5.02 Å². The summed E-state index contributed by atoms with van der Waals surface area (Å²) < 4.78 is 7.00. The minimum atomic E-state index is -0.212. The fraction of sp³-hybridized carbons (Fsp3) is 0.414. The number of halogens is 1. The van der Waals surface area contributed by atoms with Crippen molar-refractivity contribution in [3.8, 4) is 5.75 Å². The normalized spacial score (nSPS) is 11.1. The molecule has 2 heterocycles. The molecule has 4 rings (SSSR count). The molecule has 10 nitrogen and oxygen atoms in total. The molecule has 0 saturated carbocycles. The number of aromatic nitrogens is 4. The lowest BCUT2D eigenvalue weighted by Crippen LogP contribution is -2.34. The van der Waals surface area contributed by atoms with Crippen molar-refractivity contribution in [2.24, 2.45) is 0 Å². The van der Waals surface area contributed by atoms with Gasteiger partial charge in [-0.05, 0) is 62.9 Å². The van der Waals surface area contributed by atoms with Gasteiger partial charge in [-0.3, -0.25) is 4.79 Å². The lowest BCUT2D eigenvalue weighted by molar-refractivity contribution is 0.0946. The molecule has 0 aliphatic carbocycles. The van der Waals surface area contributed by atoms with Gasteiger partial charge < -0.3 is 30.6 Å². The summed E-state index contributed by atoms with van der Waals surface area (Å²) in [6.07, 6.45) is 6.48. The Labute approximate surface area is 241 Å². The lowest BCUT2D eigenvalue weighted by Gasteiger charge is -2.18. The number of carbonyl (C=O) groups excluding carboxylic acids is 1. The van der Waals surface area contributed by atoms with Gasteiger partial charge in [-0.25, -0.2) is 9.67 Å². The van der Waals surface area contributed by atoms with Crippen LogP contribution in [0, 0.1) is 0 Å². The Balaban J connectivity index is 0.000000220. The van der Waals surface area contributed by atoms with Crippen LogP contribution in [0.25, 0.3) is 10.9 Å². The van der Waals surface area contributed by atoms with E-state index in [4.69, 9.17) is 22.1 Å². The Kier molecular flexibility index (Phi) is 11.8. The van der Waals surface area contributed by atoms with Gasteiger partial charge in [-0.1, -0.05) is 31.5 Å². The van der Waals surface area contributed by atoms with E-state index < -0.39 is 0 Å². The second kappa shape index (κ2) is 15.3. The second-order valence-electron chi connectivity index (χ2n) is 9.70. The number of carbonyl (C=O) groups is 1. The van der Waals surface area contributed by atoms with E-state index in [1.54, 1.807) is 18.7 Å². The first kappa shape index (κ1) is 30.9. The van der Waals surface area contributed by atoms with E-state index in [0.717, 1.165) is 39.1 Å². The van der Waals surface area contributed by atoms with Crippen LogP contribution >= 0.6 is 11.6 Å². The number of likely N-dealkylation sites (N-methyl/N-ethyl adjacent to an activating group) is 2.